The number of carbonyl (C=O) groups excluding carboxylic acids is 3. The maximum Gasteiger partial charge on any atom is 1.00 e. The molecule has 4 rings (SSSR count). The van der Waals surface area contributed by atoms with Crippen LogP contribution in [-0.2, 0) is 39.3 Å². The minimum Gasteiger partial charge on any atom is -0.744 e. The number of aromatic nitrogens is 2. The van der Waals surface area contributed by atoms with Crippen molar-refractivity contribution < 1.29 is 153 Å². The van der Waals surface area contributed by atoms with Crippen LogP contribution in [0.1, 0.15) is 29.9 Å². The third kappa shape index (κ3) is 10.4. The Bertz CT molecular complexity index is 2130. The Morgan fingerprint density at radius 2 is 1.31 bits per heavy atom. The van der Waals surface area contributed by atoms with Crippen LogP contribution in [0.4, 0.5) is 5.69 Å². The minimum atomic E-state index is -4.74. The molecule has 1 aromatic heterocycles. The van der Waals surface area contributed by atoms with E-state index in [9.17, 15) is 45.1 Å². The molecule has 49 heavy (non-hydrogen) atoms. The Hall–Kier alpha value is -2.16. The number of H-pyrrole nitrogens is 1. The molecule has 16 nitrogen and oxygen atoms in total. The number of carbonyl (C=O) groups is 3. The Morgan fingerprint density at radius 1 is 0.796 bits per heavy atom. The molecule has 0 spiro atoms. The Morgan fingerprint density at radius 3 is 1.82 bits per heavy atom. The van der Waals surface area contributed by atoms with Gasteiger partial charge in [-0.1, -0.05) is 18.2 Å². The van der Waals surface area contributed by atoms with E-state index in [-0.39, 0.29) is 150 Å². The fraction of sp³-hybridized carbons (Fsp3) is 0.138. The molecule has 20 heteroatoms. The van der Waals surface area contributed by atoms with Gasteiger partial charge in [0.25, 0.3) is 11.5 Å². The Balaban J connectivity index is 0.00000417. The van der Waals surface area contributed by atoms with Crippen molar-refractivity contribution in [2.75, 3.05) is 18.2 Å². The zero-order valence-electron chi connectivity index (χ0n) is 26.5. The number of nitrogens with zero attached hydrogens (tertiary/aromatic N) is 3. The predicted molar refractivity (Wildman–Crippen MR) is 163 cm³/mol. The zero-order valence-corrected chi connectivity index (χ0v) is 34.4. The molecule has 1 amide bonds. The first-order chi connectivity index (χ1) is 22.2. The number of rotatable bonds is 11. The van der Waals surface area contributed by atoms with Crippen molar-refractivity contribution in [3.8, 4) is 5.69 Å². The second-order valence-corrected chi connectivity index (χ2v) is 12.0. The molecule has 1 N–H and O–H groups in total. The number of amides is 1. The van der Waals surface area contributed by atoms with E-state index in [0.29, 0.717) is 0 Å². The maximum absolute atomic E-state index is 13.2. The number of aromatic amines is 1. The first-order valence-electron chi connectivity index (χ1n) is 13.5. The molecule has 246 valence electrons. The largest absolute Gasteiger partial charge is 1.00 e. The molecular weight excluding hydrogens is 739 g/mol. The molecule has 0 radical (unpaired) electrons. The van der Waals surface area contributed by atoms with E-state index in [0.717, 1.165) is 34.0 Å². The van der Waals surface area contributed by atoms with Crippen LogP contribution in [0.25, 0.3) is 11.8 Å². The van der Waals surface area contributed by atoms with Gasteiger partial charge < -0.3 is 18.6 Å². The molecule has 0 saturated heterocycles. The summed E-state index contributed by atoms with van der Waals surface area (Å²) >= 11 is 0. The number of esters is 2. The fourth-order valence-electron chi connectivity index (χ4n) is 4.12. The van der Waals surface area contributed by atoms with Crippen LogP contribution >= 0.6 is 0 Å². The van der Waals surface area contributed by atoms with Crippen LogP contribution in [0.15, 0.2) is 98.1 Å². The Labute approximate surface area is 365 Å². The third-order valence-electron chi connectivity index (χ3n) is 6.25. The molecule has 1 aliphatic rings. The standard InChI is InChI=1S/C29H26N4O12S2.2K/c1-3-44-28(36)24-22(26(34)32(30-24)18-10-14-20(15-11-18)46(38,39)40)8-6-5-7-9-23-25(29(37)45-4-2)31-33(27(23)35)19-12-16-21(17-13-19)47(41,42)43;;/h5-17,30H,3-4H2,1-2H3,(H,38,39,40)(H,41,42,43);;/q;2*+1/p-2/b7-5-,8-6+,23-9-;;. The van der Waals surface area contributed by atoms with E-state index < -0.39 is 53.4 Å². The minimum absolute atomic E-state index is 0. The van der Waals surface area contributed by atoms with Gasteiger partial charge in [0.15, 0.2) is 11.4 Å². The van der Waals surface area contributed by atoms with Gasteiger partial charge in [-0.05, 0) is 74.5 Å². The van der Waals surface area contributed by atoms with Crippen molar-refractivity contribution in [1.29, 1.82) is 0 Å². The van der Waals surface area contributed by atoms with Gasteiger partial charge in [-0.15, -0.1) is 0 Å². The number of hydrogen-bond acceptors (Lipinski definition) is 13. The number of hydrazone groups is 1. The summed E-state index contributed by atoms with van der Waals surface area (Å²) in [4.78, 5) is 50.5. The van der Waals surface area contributed by atoms with Gasteiger partial charge in [0.1, 0.15) is 20.2 Å². The average molecular weight is 763 g/mol. The first-order valence-corrected chi connectivity index (χ1v) is 16.3. The average Bonchev–Trinajstić information content (AvgIpc) is 3.52. The summed E-state index contributed by atoms with van der Waals surface area (Å²) in [5.74, 6) is -2.54. The summed E-state index contributed by atoms with van der Waals surface area (Å²) in [6.07, 6.45) is 6.57. The van der Waals surface area contributed by atoms with Crippen molar-refractivity contribution in [3.05, 3.63) is 100 Å². The number of nitrogens with one attached hydrogen (secondary N) is 1. The van der Waals surface area contributed by atoms with Crippen LogP contribution in [-0.4, -0.2) is 72.5 Å². The molecule has 0 bridgehead atoms. The van der Waals surface area contributed by atoms with E-state index in [4.69, 9.17) is 9.47 Å². The number of allylic oxidation sites excluding steroid dienone is 4. The molecule has 2 aromatic carbocycles. The molecule has 0 aliphatic carbocycles. The topological polar surface area (TPSA) is 237 Å². The number of anilines is 1. The van der Waals surface area contributed by atoms with Crippen molar-refractivity contribution in [3.63, 3.8) is 0 Å². The Kier molecular flexibility index (Phi) is 16.1. The zero-order chi connectivity index (χ0) is 34.5. The van der Waals surface area contributed by atoms with Gasteiger partial charge >= 0.3 is 115 Å². The fourth-order valence-corrected chi connectivity index (χ4v) is 5.06. The molecule has 2 heterocycles. The van der Waals surface area contributed by atoms with Gasteiger partial charge in [0.05, 0.1) is 45.5 Å². The van der Waals surface area contributed by atoms with Crippen molar-refractivity contribution in [1.82, 2.24) is 9.78 Å². The van der Waals surface area contributed by atoms with Crippen molar-refractivity contribution >= 4 is 55.6 Å². The SMILES string of the molecule is CCOC(=O)C1=NN(c2ccc(S(=O)(=O)[O-])cc2)C(=O)\C1=C/C=C\C=C\c1c(C(=O)OCC)[nH]n(-c2ccc(S(=O)(=O)[O-])cc2)c1=O.[K+].[K+]. The van der Waals surface area contributed by atoms with Gasteiger partial charge in [0.2, 0.25) is 0 Å². The summed E-state index contributed by atoms with van der Waals surface area (Å²) in [6.45, 7) is 3.09. The molecule has 0 fully saturated rings. The first kappa shape index (κ1) is 43.0. The van der Waals surface area contributed by atoms with Crippen LogP contribution in [0.5, 0.6) is 0 Å². The van der Waals surface area contributed by atoms with E-state index >= 15 is 0 Å². The second kappa shape index (κ2) is 18.4. The summed E-state index contributed by atoms with van der Waals surface area (Å²) < 4.78 is 78.5. The van der Waals surface area contributed by atoms with Crippen LogP contribution < -0.4 is 113 Å². The predicted octanol–water partition coefficient (Wildman–Crippen LogP) is -4.38. The smallest absolute Gasteiger partial charge is 0.744 e. The van der Waals surface area contributed by atoms with E-state index in [2.05, 4.69) is 10.2 Å². The monoisotopic (exact) mass is 762 g/mol. The molecule has 1 aliphatic heterocycles. The number of benzene rings is 2. The van der Waals surface area contributed by atoms with Crippen molar-refractivity contribution in [2.45, 2.75) is 23.6 Å². The van der Waals surface area contributed by atoms with E-state index in [1.807, 2.05) is 0 Å². The third-order valence-corrected chi connectivity index (χ3v) is 7.95. The molecule has 0 unspecified atom stereocenters. The summed E-state index contributed by atoms with van der Waals surface area (Å²) in [5.41, 5.74) is -1.43. The van der Waals surface area contributed by atoms with Crippen LogP contribution in [0.3, 0.4) is 0 Å². The van der Waals surface area contributed by atoms with Gasteiger partial charge in [-0.25, -0.2) is 31.1 Å². The molecule has 0 atom stereocenters. The van der Waals surface area contributed by atoms with Crippen LogP contribution in [0, 0.1) is 0 Å². The summed E-state index contributed by atoms with van der Waals surface area (Å²) in [6, 6.07) is 8.72. The maximum atomic E-state index is 13.2. The second-order valence-electron chi connectivity index (χ2n) is 9.27. The van der Waals surface area contributed by atoms with Gasteiger partial charge in [-0.2, -0.15) is 10.1 Å². The molecule has 3 aromatic rings. The van der Waals surface area contributed by atoms with E-state index in [1.165, 1.54) is 54.6 Å². The van der Waals surface area contributed by atoms with E-state index in [1.54, 1.807) is 13.8 Å². The van der Waals surface area contributed by atoms with Gasteiger partial charge in [-0.3, -0.25) is 14.7 Å². The summed E-state index contributed by atoms with van der Waals surface area (Å²) in [5, 5.41) is 7.45. The molecule has 0 saturated carbocycles. The number of ether oxygens (including phenoxy) is 2. The summed E-state index contributed by atoms with van der Waals surface area (Å²) in [7, 11) is -9.47. The number of hydrogen-bond donors (Lipinski definition) is 1. The normalized spacial score (nSPS) is 14.1. The molecular formula is C29H24K2N4O12S2. The van der Waals surface area contributed by atoms with Gasteiger partial charge in [0, 0.05) is 0 Å². The quantitative estimate of drug-likeness (QED) is 0.0641. The van der Waals surface area contributed by atoms with Crippen molar-refractivity contribution in [2.24, 2.45) is 5.10 Å². The van der Waals surface area contributed by atoms with Crippen LogP contribution in [0.2, 0.25) is 0 Å².